The van der Waals surface area contributed by atoms with Crippen LogP contribution in [0.5, 0.6) is 0 Å². The van der Waals surface area contributed by atoms with Crippen molar-refractivity contribution in [3.8, 4) is 6.07 Å². The SMILES string of the molecule is N#Cc1ccc(CN2CCN(C(=O)c3cccc(NC(=O)CCCc4cccs4)c3)CC2)cc1. The number of carbonyl (C=O) groups excluding carboxylic acids is 2. The Morgan fingerprint density at radius 1 is 1.00 bits per heavy atom. The molecule has 1 saturated heterocycles. The lowest BCUT2D eigenvalue weighted by atomic mass is 10.1. The number of aryl methyl sites for hydroxylation is 1. The maximum Gasteiger partial charge on any atom is 0.254 e. The third kappa shape index (κ3) is 6.53. The maximum atomic E-state index is 13.0. The van der Waals surface area contributed by atoms with E-state index >= 15 is 0 Å². The summed E-state index contributed by atoms with van der Waals surface area (Å²) >= 11 is 1.71. The van der Waals surface area contributed by atoms with Crippen LogP contribution in [0, 0.1) is 11.3 Å². The minimum Gasteiger partial charge on any atom is -0.336 e. The molecular formula is C27H28N4O2S. The summed E-state index contributed by atoms with van der Waals surface area (Å²) in [6, 6.07) is 21.1. The molecule has 6 nitrogen and oxygen atoms in total. The Balaban J connectivity index is 1.25. The van der Waals surface area contributed by atoms with Gasteiger partial charge in [0.25, 0.3) is 5.91 Å². The molecule has 0 unspecified atom stereocenters. The fourth-order valence-corrected chi connectivity index (χ4v) is 4.82. The Hall–Kier alpha value is -3.47. The molecule has 1 fully saturated rings. The molecule has 1 aliphatic heterocycles. The number of nitrogens with one attached hydrogen (secondary N) is 1. The van der Waals surface area contributed by atoms with Crippen LogP contribution in [0.1, 0.15) is 39.2 Å². The van der Waals surface area contributed by atoms with Crippen LogP contribution < -0.4 is 5.32 Å². The molecule has 0 bridgehead atoms. The quantitative estimate of drug-likeness (QED) is 0.522. The molecule has 1 aromatic heterocycles. The zero-order valence-electron chi connectivity index (χ0n) is 19.1. The van der Waals surface area contributed by atoms with Crippen LogP contribution in [0.15, 0.2) is 66.0 Å². The fraction of sp³-hybridized carbons (Fsp3) is 0.296. The molecule has 0 aliphatic carbocycles. The molecule has 2 heterocycles. The molecule has 0 saturated carbocycles. The van der Waals surface area contributed by atoms with Crippen molar-refractivity contribution in [2.45, 2.75) is 25.8 Å². The van der Waals surface area contributed by atoms with Crippen LogP contribution in [-0.2, 0) is 17.8 Å². The number of amides is 2. The van der Waals surface area contributed by atoms with Gasteiger partial charge in [0, 0.05) is 55.3 Å². The van der Waals surface area contributed by atoms with Crippen molar-refractivity contribution in [1.82, 2.24) is 9.80 Å². The summed E-state index contributed by atoms with van der Waals surface area (Å²) in [5.74, 6) is -0.0376. The zero-order valence-corrected chi connectivity index (χ0v) is 19.9. The Labute approximate surface area is 204 Å². The van der Waals surface area contributed by atoms with Gasteiger partial charge in [-0.3, -0.25) is 14.5 Å². The minimum atomic E-state index is -0.0300. The van der Waals surface area contributed by atoms with Crippen molar-refractivity contribution in [2.24, 2.45) is 0 Å². The molecule has 4 rings (SSSR count). The molecule has 2 amide bonds. The molecular weight excluding hydrogens is 444 g/mol. The van der Waals surface area contributed by atoms with Gasteiger partial charge in [0.05, 0.1) is 11.6 Å². The summed E-state index contributed by atoms with van der Waals surface area (Å²) in [6.45, 7) is 3.73. The summed E-state index contributed by atoms with van der Waals surface area (Å²) in [5, 5.41) is 13.9. The number of thiophene rings is 1. The van der Waals surface area contributed by atoms with E-state index in [-0.39, 0.29) is 11.8 Å². The first kappa shape index (κ1) is 23.7. The fourth-order valence-electron chi connectivity index (χ4n) is 4.07. The predicted molar refractivity (Wildman–Crippen MR) is 135 cm³/mol. The van der Waals surface area contributed by atoms with Gasteiger partial charge in [-0.1, -0.05) is 24.3 Å². The van der Waals surface area contributed by atoms with Gasteiger partial charge in [0.2, 0.25) is 5.91 Å². The van der Waals surface area contributed by atoms with E-state index in [0.29, 0.717) is 36.3 Å². The topological polar surface area (TPSA) is 76.4 Å². The number of hydrogen-bond donors (Lipinski definition) is 1. The second kappa shape index (κ2) is 11.6. The van der Waals surface area contributed by atoms with Crippen molar-refractivity contribution in [3.63, 3.8) is 0 Å². The summed E-state index contributed by atoms with van der Waals surface area (Å²) < 4.78 is 0. The average Bonchev–Trinajstić information content (AvgIpc) is 3.38. The highest BCUT2D eigenvalue weighted by atomic mass is 32.1. The van der Waals surface area contributed by atoms with Gasteiger partial charge < -0.3 is 10.2 Å². The first-order chi connectivity index (χ1) is 16.6. The molecule has 174 valence electrons. The van der Waals surface area contributed by atoms with Crippen LogP contribution in [0.4, 0.5) is 5.69 Å². The predicted octanol–water partition coefficient (Wildman–Crippen LogP) is 4.54. The first-order valence-corrected chi connectivity index (χ1v) is 12.4. The largest absolute Gasteiger partial charge is 0.336 e. The summed E-state index contributed by atoms with van der Waals surface area (Å²) in [6.07, 6.45) is 2.16. The van der Waals surface area contributed by atoms with E-state index in [1.807, 2.05) is 52.7 Å². The zero-order chi connectivity index (χ0) is 23.8. The van der Waals surface area contributed by atoms with Crippen LogP contribution in [-0.4, -0.2) is 47.8 Å². The van der Waals surface area contributed by atoms with E-state index in [9.17, 15) is 9.59 Å². The van der Waals surface area contributed by atoms with Gasteiger partial charge >= 0.3 is 0 Å². The van der Waals surface area contributed by atoms with E-state index in [1.54, 1.807) is 23.5 Å². The molecule has 3 aromatic rings. The number of anilines is 1. The minimum absolute atomic E-state index is 0.00758. The smallest absolute Gasteiger partial charge is 0.254 e. The lowest BCUT2D eigenvalue weighted by Gasteiger charge is -2.34. The van der Waals surface area contributed by atoms with Crippen LogP contribution in [0.25, 0.3) is 0 Å². The third-order valence-electron chi connectivity index (χ3n) is 5.95. The summed E-state index contributed by atoms with van der Waals surface area (Å²) in [7, 11) is 0. The van der Waals surface area contributed by atoms with Gasteiger partial charge in [0.15, 0.2) is 0 Å². The third-order valence-corrected chi connectivity index (χ3v) is 6.89. The van der Waals surface area contributed by atoms with Gasteiger partial charge in [-0.15, -0.1) is 11.3 Å². The van der Waals surface area contributed by atoms with Crippen molar-refractivity contribution in [2.75, 3.05) is 31.5 Å². The number of nitriles is 1. The molecule has 1 aliphatic rings. The summed E-state index contributed by atoms with van der Waals surface area (Å²) in [5.41, 5.74) is 3.08. The number of nitrogens with zero attached hydrogens (tertiary/aromatic N) is 3. The maximum absolute atomic E-state index is 13.0. The number of benzene rings is 2. The van der Waals surface area contributed by atoms with E-state index in [4.69, 9.17) is 5.26 Å². The molecule has 0 atom stereocenters. The van der Waals surface area contributed by atoms with Crippen LogP contribution in [0.2, 0.25) is 0 Å². The lowest BCUT2D eigenvalue weighted by molar-refractivity contribution is -0.116. The van der Waals surface area contributed by atoms with Crippen molar-refractivity contribution in [3.05, 3.63) is 87.6 Å². The van der Waals surface area contributed by atoms with Crippen molar-refractivity contribution < 1.29 is 9.59 Å². The van der Waals surface area contributed by atoms with Gasteiger partial charge in [-0.25, -0.2) is 0 Å². The molecule has 34 heavy (non-hydrogen) atoms. The normalized spacial score (nSPS) is 13.9. The second-order valence-electron chi connectivity index (χ2n) is 8.44. The summed E-state index contributed by atoms with van der Waals surface area (Å²) in [4.78, 5) is 30.8. The Kier molecular flexibility index (Phi) is 8.08. The Morgan fingerprint density at radius 2 is 1.79 bits per heavy atom. The van der Waals surface area contributed by atoms with E-state index in [0.717, 1.165) is 38.0 Å². The molecule has 2 aromatic carbocycles. The van der Waals surface area contributed by atoms with Crippen LogP contribution >= 0.6 is 11.3 Å². The standard InChI is InChI=1S/C27H28N4O2S/c28-19-21-9-11-22(12-10-21)20-30-13-15-31(16-14-30)27(33)23-4-1-5-24(18-23)29-26(32)8-2-6-25-7-3-17-34-25/h1,3-5,7,9-12,17-18H,2,6,8,13-16,20H2,(H,29,32). The van der Waals surface area contributed by atoms with Gasteiger partial charge in [-0.05, 0) is 60.2 Å². The molecule has 1 N–H and O–H groups in total. The molecule has 0 radical (unpaired) electrons. The van der Waals surface area contributed by atoms with Crippen LogP contribution in [0.3, 0.4) is 0 Å². The molecule has 7 heteroatoms. The van der Waals surface area contributed by atoms with E-state index in [1.165, 1.54) is 4.88 Å². The Bertz CT molecular complexity index is 1140. The van der Waals surface area contributed by atoms with Crippen molar-refractivity contribution >= 4 is 28.8 Å². The number of piperazine rings is 1. The van der Waals surface area contributed by atoms with Crippen molar-refractivity contribution in [1.29, 1.82) is 5.26 Å². The number of carbonyl (C=O) groups is 2. The van der Waals surface area contributed by atoms with E-state index < -0.39 is 0 Å². The molecule has 0 spiro atoms. The highest BCUT2D eigenvalue weighted by Gasteiger charge is 2.22. The van der Waals surface area contributed by atoms with Gasteiger partial charge in [-0.2, -0.15) is 5.26 Å². The highest BCUT2D eigenvalue weighted by molar-refractivity contribution is 7.09. The van der Waals surface area contributed by atoms with Gasteiger partial charge in [0.1, 0.15) is 0 Å². The lowest BCUT2D eigenvalue weighted by Crippen LogP contribution is -2.48. The average molecular weight is 473 g/mol. The Morgan fingerprint density at radius 3 is 2.50 bits per heavy atom. The van der Waals surface area contributed by atoms with E-state index in [2.05, 4.69) is 22.4 Å². The number of rotatable bonds is 8. The highest BCUT2D eigenvalue weighted by Crippen LogP contribution is 2.17. The number of hydrogen-bond acceptors (Lipinski definition) is 5. The first-order valence-electron chi connectivity index (χ1n) is 11.5. The second-order valence-corrected chi connectivity index (χ2v) is 9.47. The monoisotopic (exact) mass is 472 g/mol.